The van der Waals surface area contributed by atoms with Crippen LogP contribution in [0.5, 0.6) is 0 Å². The number of aliphatic carboxylic acids is 1. The molecule has 0 aliphatic rings. The van der Waals surface area contributed by atoms with Gasteiger partial charge < -0.3 is 5.11 Å². The molecule has 0 aromatic carbocycles. The van der Waals surface area contributed by atoms with Gasteiger partial charge in [-0.2, -0.15) is 0 Å². The summed E-state index contributed by atoms with van der Waals surface area (Å²) < 4.78 is 0. The highest BCUT2D eigenvalue weighted by Gasteiger charge is 2.18. The second kappa shape index (κ2) is 7.11. The van der Waals surface area contributed by atoms with E-state index in [-0.39, 0.29) is 12.5 Å². The molecule has 0 amide bonds. The number of nitrogens with zero attached hydrogens (tertiary/aromatic N) is 2. The highest BCUT2D eigenvalue weighted by atomic mass is 16.4. The zero-order valence-corrected chi connectivity index (χ0v) is 11.3. The van der Waals surface area contributed by atoms with E-state index in [1.165, 1.54) is 5.56 Å². The lowest BCUT2D eigenvalue weighted by atomic mass is 10.1. The second-order valence-electron chi connectivity index (χ2n) is 4.79. The minimum atomic E-state index is -0.727. The van der Waals surface area contributed by atoms with Crippen LogP contribution in [0.2, 0.25) is 0 Å². The molecular weight excluding hydrogens is 228 g/mol. The Balaban J connectivity index is 2.64. The first-order chi connectivity index (χ1) is 8.52. The van der Waals surface area contributed by atoms with Crippen molar-refractivity contribution >= 4 is 5.97 Å². The Labute approximate surface area is 109 Å². The summed E-state index contributed by atoms with van der Waals surface area (Å²) in [4.78, 5) is 16.9. The first-order valence-corrected chi connectivity index (χ1v) is 6.40. The van der Waals surface area contributed by atoms with Gasteiger partial charge >= 0.3 is 5.97 Å². The molecule has 1 aromatic rings. The van der Waals surface area contributed by atoms with Gasteiger partial charge in [0.1, 0.15) is 0 Å². The summed E-state index contributed by atoms with van der Waals surface area (Å²) in [5, 5.41) is 8.69. The van der Waals surface area contributed by atoms with Crippen molar-refractivity contribution < 1.29 is 9.90 Å². The quantitative estimate of drug-likeness (QED) is 0.808. The molecule has 18 heavy (non-hydrogen) atoms. The van der Waals surface area contributed by atoms with Crippen LogP contribution in [0.25, 0.3) is 0 Å². The van der Waals surface area contributed by atoms with Gasteiger partial charge in [-0.05, 0) is 51.4 Å². The third-order valence-corrected chi connectivity index (χ3v) is 3.16. The molecular formula is C14H22N2O2. The van der Waals surface area contributed by atoms with Gasteiger partial charge in [0, 0.05) is 30.9 Å². The van der Waals surface area contributed by atoms with Gasteiger partial charge in [0.05, 0.1) is 0 Å². The summed E-state index contributed by atoms with van der Waals surface area (Å²) in [7, 11) is 0. The summed E-state index contributed by atoms with van der Waals surface area (Å²) in [6, 6.07) is 4.69. The Hall–Kier alpha value is -1.42. The summed E-state index contributed by atoms with van der Waals surface area (Å²) in [6.45, 7) is 7.22. The van der Waals surface area contributed by atoms with E-state index >= 15 is 0 Å². The molecule has 0 aliphatic heterocycles. The summed E-state index contributed by atoms with van der Waals surface area (Å²) >= 11 is 0. The number of hydrogen-bond acceptors (Lipinski definition) is 3. The molecule has 1 aromatic heterocycles. The zero-order valence-electron chi connectivity index (χ0n) is 11.3. The molecule has 0 bridgehead atoms. The number of pyridine rings is 1. The highest BCUT2D eigenvalue weighted by molar-refractivity contribution is 5.66. The molecule has 4 nitrogen and oxygen atoms in total. The van der Waals surface area contributed by atoms with Gasteiger partial charge in [0.15, 0.2) is 0 Å². The SMILES string of the molecule is CC(C)N(CCCC(=O)O)C(C)c1ccncc1. The minimum absolute atomic E-state index is 0.228. The Kier molecular flexibility index (Phi) is 5.78. The first kappa shape index (κ1) is 14.6. The number of carboxylic acids is 1. The third-order valence-electron chi connectivity index (χ3n) is 3.16. The van der Waals surface area contributed by atoms with E-state index in [1.807, 2.05) is 12.1 Å². The number of hydrogen-bond donors (Lipinski definition) is 1. The summed E-state index contributed by atoms with van der Waals surface area (Å²) in [5.41, 5.74) is 1.22. The molecule has 0 saturated carbocycles. The molecule has 0 aliphatic carbocycles. The molecule has 0 saturated heterocycles. The standard InChI is InChI=1S/C14H22N2O2/c1-11(2)16(10-4-5-14(17)18)12(3)13-6-8-15-9-7-13/h6-9,11-12H,4-5,10H2,1-3H3,(H,17,18). The lowest BCUT2D eigenvalue weighted by Crippen LogP contribution is -2.34. The van der Waals surface area contributed by atoms with Crippen LogP contribution in [0.4, 0.5) is 0 Å². The maximum atomic E-state index is 10.6. The molecule has 100 valence electrons. The van der Waals surface area contributed by atoms with Crippen LogP contribution in [0.15, 0.2) is 24.5 Å². The van der Waals surface area contributed by atoms with E-state index in [0.29, 0.717) is 12.5 Å². The number of rotatable bonds is 7. The van der Waals surface area contributed by atoms with E-state index in [1.54, 1.807) is 12.4 Å². The molecule has 1 unspecified atom stereocenters. The Bertz CT molecular complexity index is 365. The monoisotopic (exact) mass is 250 g/mol. The fraction of sp³-hybridized carbons (Fsp3) is 0.571. The second-order valence-corrected chi connectivity index (χ2v) is 4.79. The van der Waals surface area contributed by atoms with Crippen LogP contribution >= 0.6 is 0 Å². The van der Waals surface area contributed by atoms with Crippen molar-refractivity contribution in [3.63, 3.8) is 0 Å². The maximum absolute atomic E-state index is 10.6. The normalized spacial score (nSPS) is 12.9. The third kappa shape index (κ3) is 4.45. The average Bonchev–Trinajstić information content (AvgIpc) is 2.34. The lowest BCUT2D eigenvalue weighted by Gasteiger charge is -2.32. The lowest BCUT2D eigenvalue weighted by molar-refractivity contribution is -0.137. The van der Waals surface area contributed by atoms with E-state index in [4.69, 9.17) is 5.11 Å². The van der Waals surface area contributed by atoms with Gasteiger partial charge in [-0.15, -0.1) is 0 Å². The van der Waals surface area contributed by atoms with Crippen LogP contribution in [0, 0.1) is 0 Å². The Morgan fingerprint density at radius 2 is 1.94 bits per heavy atom. The van der Waals surface area contributed by atoms with Crippen LogP contribution in [0.3, 0.4) is 0 Å². The molecule has 1 rings (SSSR count). The van der Waals surface area contributed by atoms with E-state index in [9.17, 15) is 4.79 Å². The topological polar surface area (TPSA) is 53.4 Å². The van der Waals surface area contributed by atoms with Crippen molar-refractivity contribution in [2.45, 2.75) is 45.7 Å². The largest absolute Gasteiger partial charge is 0.481 e. The predicted molar refractivity (Wildman–Crippen MR) is 71.4 cm³/mol. The first-order valence-electron chi connectivity index (χ1n) is 6.40. The average molecular weight is 250 g/mol. The smallest absolute Gasteiger partial charge is 0.303 e. The molecule has 0 fully saturated rings. The molecule has 1 atom stereocenters. The number of carbonyl (C=O) groups is 1. The van der Waals surface area contributed by atoms with Crippen molar-refractivity contribution in [2.75, 3.05) is 6.54 Å². The Morgan fingerprint density at radius 3 is 2.44 bits per heavy atom. The zero-order chi connectivity index (χ0) is 13.5. The Morgan fingerprint density at radius 1 is 1.33 bits per heavy atom. The predicted octanol–water partition coefficient (Wildman–Crippen LogP) is 2.72. The van der Waals surface area contributed by atoms with Gasteiger partial charge in [-0.3, -0.25) is 14.7 Å². The molecule has 0 radical (unpaired) electrons. The van der Waals surface area contributed by atoms with E-state index in [0.717, 1.165) is 6.54 Å². The molecule has 4 heteroatoms. The van der Waals surface area contributed by atoms with Crippen LogP contribution in [-0.2, 0) is 4.79 Å². The highest BCUT2D eigenvalue weighted by Crippen LogP contribution is 2.22. The van der Waals surface area contributed by atoms with Crippen molar-refractivity contribution in [1.82, 2.24) is 9.88 Å². The van der Waals surface area contributed by atoms with Gasteiger partial charge in [0.2, 0.25) is 0 Å². The maximum Gasteiger partial charge on any atom is 0.303 e. The van der Waals surface area contributed by atoms with Crippen molar-refractivity contribution in [3.8, 4) is 0 Å². The minimum Gasteiger partial charge on any atom is -0.481 e. The molecule has 1 N–H and O–H groups in total. The molecule has 0 spiro atoms. The van der Waals surface area contributed by atoms with Crippen LogP contribution < -0.4 is 0 Å². The number of aromatic nitrogens is 1. The fourth-order valence-electron chi connectivity index (χ4n) is 2.15. The number of carboxylic acid groups (broad SMARTS) is 1. The van der Waals surface area contributed by atoms with Crippen molar-refractivity contribution in [3.05, 3.63) is 30.1 Å². The van der Waals surface area contributed by atoms with Crippen molar-refractivity contribution in [1.29, 1.82) is 0 Å². The summed E-state index contributed by atoms with van der Waals surface area (Å²) in [6.07, 6.45) is 4.50. The van der Waals surface area contributed by atoms with Gasteiger partial charge in [0.25, 0.3) is 0 Å². The van der Waals surface area contributed by atoms with Gasteiger partial charge in [-0.25, -0.2) is 0 Å². The van der Waals surface area contributed by atoms with Crippen molar-refractivity contribution in [2.24, 2.45) is 0 Å². The van der Waals surface area contributed by atoms with Crippen LogP contribution in [-0.4, -0.2) is 33.5 Å². The van der Waals surface area contributed by atoms with Gasteiger partial charge in [-0.1, -0.05) is 0 Å². The van der Waals surface area contributed by atoms with E-state index < -0.39 is 5.97 Å². The summed E-state index contributed by atoms with van der Waals surface area (Å²) in [5.74, 6) is -0.727. The van der Waals surface area contributed by atoms with Crippen LogP contribution in [0.1, 0.15) is 45.2 Å². The fourth-order valence-corrected chi connectivity index (χ4v) is 2.15. The van der Waals surface area contributed by atoms with E-state index in [2.05, 4.69) is 30.7 Å². The molecule has 1 heterocycles.